The van der Waals surface area contributed by atoms with Gasteiger partial charge in [0.2, 0.25) is 0 Å². The van der Waals surface area contributed by atoms with Crippen molar-refractivity contribution in [3.8, 4) is 11.1 Å². The second-order valence-corrected chi connectivity index (χ2v) is 9.49. The van der Waals surface area contributed by atoms with Crippen molar-refractivity contribution in [2.75, 3.05) is 7.11 Å². The maximum atomic E-state index is 13.3. The van der Waals surface area contributed by atoms with E-state index < -0.39 is 24.0 Å². The van der Waals surface area contributed by atoms with Crippen LogP contribution >= 0.6 is 0 Å². The predicted molar refractivity (Wildman–Crippen MR) is 113 cm³/mol. The van der Waals surface area contributed by atoms with E-state index in [-0.39, 0.29) is 17.4 Å². The number of carbonyl (C=O) groups is 2. The summed E-state index contributed by atoms with van der Waals surface area (Å²) in [4.78, 5) is 27.3. The molecule has 0 aliphatic heterocycles. The molecule has 2 bridgehead atoms. The molecule has 0 spiro atoms. The Morgan fingerprint density at radius 3 is 2.07 bits per heavy atom. The van der Waals surface area contributed by atoms with Gasteiger partial charge in [0.15, 0.2) is 0 Å². The molecule has 30 heavy (non-hydrogen) atoms. The van der Waals surface area contributed by atoms with Gasteiger partial charge in [-0.05, 0) is 52.3 Å². The van der Waals surface area contributed by atoms with Gasteiger partial charge in [0.1, 0.15) is 0 Å². The first-order valence-electron chi connectivity index (χ1n) is 10.6. The molecule has 3 saturated carbocycles. The van der Waals surface area contributed by atoms with Crippen LogP contribution in [-0.4, -0.2) is 35.2 Å². The number of carboxylic acid groups (broad SMARTS) is 1. The molecule has 156 valence electrons. The van der Waals surface area contributed by atoms with Crippen molar-refractivity contribution in [3.05, 3.63) is 59.7 Å². The van der Waals surface area contributed by atoms with Gasteiger partial charge in [0.05, 0.1) is 25.1 Å². The first-order valence-corrected chi connectivity index (χ1v) is 10.6. The molecular formula is C25H27NO4. The summed E-state index contributed by atoms with van der Waals surface area (Å²) >= 11 is 0. The lowest BCUT2D eigenvalue weighted by Gasteiger charge is -2.63. The van der Waals surface area contributed by atoms with Crippen molar-refractivity contribution in [2.24, 2.45) is 23.2 Å². The Balaban J connectivity index is 1.69. The monoisotopic (exact) mass is 405 g/mol. The van der Waals surface area contributed by atoms with E-state index in [2.05, 4.69) is 26.0 Å². The smallest absolute Gasteiger partial charge is 0.410 e. The van der Waals surface area contributed by atoms with Crippen LogP contribution in [0.4, 0.5) is 4.79 Å². The summed E-state index contributed by atoms with van der Waals surface area (Å²) in [5.41, 5.74) is 4.28. The minimum Gasteiger partial charge on any atom is -0.481 e. The number of aliphatic carboxylic acids is 1. The molecule has 6 rings (SSSR count). The number of nitrogens with zero attached hydrogens (tertiary/aromatic N) is 1. The maximum absolute atomic E-state index is 13.3. The summed E-state index contributed by atoms with van der Waals surface area (Å²) in [6.07, 6.45) is 1.11. The van der Waals surface area contributed by atoms with Crippen LogP contribution < -0.4 is 0 Å². The molecule has 2 aromatic rings. The van der Waals surface area contributed by atoms with Gasteiger partial charge < -0.3 is 9.84 Å². The Hall–Kier alpha value is -2.82. The van der Waals surface area contributed by atoms with E-state index in [0.29, 0.717) is 12.3 Å². The number of fused-ring (bicyclic) bond motifs is 5. The number of rotatable bonds is 3. The van der Waals surface area contributed by atoms with Crippen molar-refractivity contribution in [1.82, 2.24) is 4.90 Å². The lowest BCUT2D eigenvalue weighted by Crippen LogP contribution is -2.66. The Morgan fingerprint density at radius 1 is 1.00 bits per heavy atom. The van der Waals surface area contributed by atoms with Gasteiger partial charge in [-0.2, -0.15) is 0 Å². The van der Waals surface area contributed by atoms with Crippen LogP contribution in [0.25, 0.3) is 11.1 Å². The molecular weight excluding hydrogens is 378 g/mol. The first-order chi connectivity index (χ1) is 14.4. The third-order valence-corrected chi connectivity index (χ3v) is 8.01. The molecule has 2 aromatic carbocycles. The molecule has 5 nitrogen and oxygen atoms in total. The van der Waals surface area contributed by atoms with Crippen LogP contribution in [0.1, 0.15) is 43.9 Å². The lowest BCUT2D eigenvalue weighted by molar-refractivity contribution is -0.174. The average molecular weight is 405 g/mol. The zero-order valence-corrected chi connectivity index (χ0v) is 17.5. The van der Waals surface area contributed by atoms with Gasteiger partial charge in [-0.15, -0.1) is 0 Å². The SMILES string of the molecule is COC(=O)N(C1c2ccccc2-c2ccccc21)[C@H]1[C@H]2C[C@@H](C[C@H]1C(=O)O)C2(C)C. The molecule has 4 aliphatic carbocycles. The Kier molecular flexibility index (Phi) is 4.21. The van der Waals surface area contributed by atoms with Gasteiger partial charge in [-0.3, -0.25) is 9.69 Å². The number of amides is 1. The van der Waals surface area contributed by atoms with E-state index in [1.807, 2.05) is 36.4 Å². The summed E-state index contributed by atoms with van der Waals surface area (Å²) in [6.45, 7) is 4.42. The van der Waals surface area contributed by atoms with Gasteiger partial charge >= 0.3 is 12.1 Å². The second kappa shape index (κ2) is 6.59. The fourth-order valence-corrected chi connectivity index (χ4v) is 6.33. The van der Waals surface area contributed by atoms with Gasteiger partial charge in [-0.25, -0.2) is 4.79 Å². The third kappa shape index (κ3) is 2.47. The predicted octanol–water partition coefficient (Wildman–Crippen LogP) is 4.96. The van der Waals surface area contributed by atoms with Crippen LogP contribution in [0.3, 0.4) is 0 Å². The fourth-order valence-electron chi connectivity index (χ4n) is 6.33. The number of methoxy groups -OCH3 is 1. The van der Waals surface area contributed by atoms with Crippen LogP contribution in [0.15, 0.2) is 48.5 Å². The fraction of sp³-hybridized carbons (Fsp3) is 0.440. The number of carboxylic acids is 1. The highest BCUT2D eigenvalue weighted by molar-refractivity contribution is 5.82. The highest BCUT2D eigenvalue weighted by Gasteiger charge is 2.62. The minimum atomic E-state index is -0.821. The van der Waals surface area contributed by atoms with Crippen molar-refractivity contribution in [2.45, 2.75) is 38.8 Å². The molecule has 4 aliphatic rings. The standard InChI is InChI=1S/C25H27NO4/c1-25(2)14-12-19(23(27)28)22(20(25)13-14)26(24(29)30-3)21-17-10-6-4-8-15(17)16-9-5-7-11-18(16)21/h4-11,14,19-22H,12-13H2,1-3H3,(H,27,28)/t14-,19-,20-,22-/m1/s1. The van der Waals surface area contributed by atoms with Crippen molar-refractivity contribution < 1.29 is 19.4 Å². The Morgan fingerprint density at radius 2 is 1.57 bits per heavy atom. The number of carbonyl (C=O) groups excluding carboxylic acids is 1. The molecule has 0 aromatic heterocycles. The Bertz CT molecular complexity index is 984. The van der Waals surface area contributed by atoms with E-state index in [1.165, 1.54) is 7.11 Å². The molecule has 3 fully saturated rings. The zero-order chi connectivity index (χ0) is 21.2. The summed E-state index contributed by atoms with van der Waals surface area (Å²) < 4.78 is 5.26. The Labute approximate surface area is 176 Å². The lowest BCUT2D eigenvalue weighted by atomic mass is 9.44. The molecule has 0 saturated heterocycles. The second-order valence-electron chi connectivity index (χ2n) is 9.49. The number of ether oxygens (including phenoxy) is 1. The highest BCUT2D eigenvalue weighted by atomic mass is 16.5. The zero-order valence-electron chi connectivity index (χ0n) is 17.5. The van der Waals surface area contributed by atoms with Crippen LogP contribution in [-0.2, 0) is 9.53 Å². The average Bonchev–Trinajstić information content (AvgIpc) is 3.08. The molecule has 1 N–H and O–H groups in total. The van der Waals surface area contributed by atoms with E-state index in [0.717, 1.165) is 28.7 Å². The van der Waals surface area contributed by atoms with Crippen molar-refractivity contribution in [3.63, 3.8) is 0 Å². The maximum Gasteiger partial charge on any atom is 0.410 e. The molecule has 0 radical (unpaired) electrons. The minimum absolute atomic E-state index is 0.0144. The molecule has 4 atom stereocenters. The first kappa shape index (κ1) is 19.2. The topological polar surface area (TPSA) is 66.8 Å². The van der Waals surface area contributed by atoms with Crippen LogP contribution in [0, 0.1) is 23.2 Å². The van der Waals surface area contributed by atoms with Crippen molar-refractivity contribution >= 4 is 12.1 Å². The number of hydrogen-bond acceptors (Lipinski definition) is 3. The highest BCUT2D eigenvalue weighted by Crippen LogP contribution is 2.63. The normalized spacial score (nSPS) is 28.1. The summed E-state index contributed by atoms with van der Waals surface area (Å²) in [6, 6.07) is 15.4. The quantitative estimate of drug-likeness (QED) is 0.784. The molecule has 0 unspecified atom stereocenters. The van der Waals surface area contributed by atoms with Crippen LogP contribution in [0.2, 0.25) is 0 Å². The van der Waals surface area contributed by atoms with Crippen molar-refractivity contribution in [1.29, 1.82) is 0 Å². The van der Waals surface area contributed by atoms with E-state index in [9.17, 15) is 14.7 Å². The summed E-state index contributed by atoms with van der Waals surface area (Å²) in [5, 5.41) is 10.1. The van der Waals surface area contributed by atoms with E-state index in [4.69, 9.17) is 4.74 Å². The molecule has 1 amide bonds. The largest absolute Gasteiger partial charge is 0.481 e. The summed E-state index contributed by atoms with van der Waals surface area (Å²) in [7, 11) is 1.38. The van der Waals surface area contributed by atoms with E-state index in [1.54, 1.807) is 4.90 Å². The number of hydrogen-bond donors (Lipinski definition) is 1. The van der Waals surface area contributed by atoms with Gasteiger partial charge in [0.25, 0.3) is 0 Å². The van der Waals surface area contributed by atoms with Gasteiger partial charge in [0, 0.05) is 0 Å². The van der Waals surface area contributed by atoms with Gasteiger partial charge in [-0.1, -0.05) is 62.4 Å². The summed E-state index contributed by atoms with van der Waals surface area (Å²) in [5.74, 6) is -0.877. The van der Waals surface area contributed by atoms with Crippen LogP contribution in [0.5, 0.6) is 0 Å². The third-order valence-electron chi connectivity index (χ3n) is 8.01. The number of benzene rings is 2. The molecule has 5 heteroatoms. The van der Waals surface area contributed by atoms with E-state index >= 15 is 0 Å². The molecule has 0 heterocycles.